The molecule has 1 aliphatic rings. The van der Waals surface area contributed by atoms with Crippen LogP contribution in [-0.4, -0.2) is 31.8 Å². The third-order valence-corrected chi connectivity index (χ3v) is 4.36. The van der Waals surface area contributed by atoms with Crippen molar-refractivity contribution in [1.82, 2.24) is 9.55 Å². The van der Waals surface area contributed by atoms with E-state index >= 15 is 0 Å². The van der Waals surface area contributed by atoms with E-state index < -0.39 is 5.97 Å². The van der Waals surface area contributed by atoms with Crippen molar-refractivity contribution in [3.8, 4) is 0 Å². The van der Waals surface area contributed by atoms with E-state index in [-0.39, 0.29) is 12.1 Å². The van der Waals surface area contributed by atoms with Gasteiger partial charge in [0.05, 0.1) is 22.7 Å². The maximum absolute atomic E-state index is 11.5. The highest BCUT2D eigenvalue weighted by Crippen LogP contribution is 2.34. The van der Waals surface area contributed by atoms with Crippen LogP contribution < -0.4 is 0 Å². The van der Waals surface area contributed by atoms with E-state index in [9.17, 15) is 15.0 Å². The summed E-state index contributed by atoms with van der Waals surface area (Å²) in [4.78, 5) is 16.1. The van der Waals surface area contributed by atoms with Gasteiger partial charge in [0.25, 0.3) is 0 Å². The average Bonchev–Trinajstić information content (AvgIpc) is 2.86. The van der Waals surface area contributed by atoms with Crippen LogP contribution in [0, 0.1) is 0 Å². The Hall–Kier alpha value is -1.88. The van der Waals surface area contributed by atoms with Crippen molar-refractivity contribution < 1.29 is 15.0 Å². The largest absolute Gasteiger partial charge is 0.478 e. The van der Waals surface area contributed by atoms with Crippen LogP contribution >= 0.6 is 0 Å². The lowest BCUT2D eigenvalue weighted by Gasteiger charge is -2.28. The average molecular weight is 288 g/mol. The second-order valence-electron chi connectivity index (χ2n) is 5.69. The fraction of sp³-hybridized carbons (Fsp3) is 0.500. The standard InChI is InChI=1S/C16H20N2O3/c1-2-14-17-13-5-3-4-12(16(20)21)15(13)18(14)10-6-8-11(19)9-7-10/h3-5,10-11,19H,2,6-9H2,1H3,(H,20,21). The Bertz CT molecular complexity index is 669. The van der Waals surface area contributed by atoms with Crippen molar-refractivity contribution >= 4 is 17.0 Å². The SMILES string of the molecule is CCc1nc2cccc(C(=O)O)c2n1C1CCC(O)CC1. The molecule has 1 fully saturated rings. The number of aryl methyl sites for hydroxylation is 1. The number of carboxylic acid groups (broad SMARTS) is 1. The Morgan fingerprint density at radius 1 is 1.33 bits per heavy atom. The quantitative estimate of drug-likeness (QED) is 0.910. The molecular formula is C16H20N2O3. The number of fused-ring (bicyclic) bond motifs is 1. The van der Waals surface area contributed by atoms with Crippen LogP contribution in [0.3, 0.4) is 0 Å². The smallest absolute Gasteiger partial charge is 0.337 e. The first-order chi connectivity index (χ1) is 10.1. The van der Waals surface area contributed by atoms with Crippen LogP contribution in [0.2, 0.25) is 0 Å². The molecule has 0 radical (unpaired) electrons. The van der Waals surface area contributed by atoms with E-state index in [2.05, 4.69) is 9.55 Å². The molecule has 1 aromatic heterocycles. The normalized spacial score (nSPS) is 22.6. The van der Waals surface area contributed by atoms with Gasteiger partial charge in [-0.25, -0.2) is 9.78 Å². The maximum atomic E-state index is 11.5. The summed E-state index contributed by atoms with van der Waals surface area (Å²) in [5.74, 6) is 0.0142. The molecule has 0 aliphatic heterocycles. The Kier molecular flexibility index (Phi) is 3.68. The summed E-state index contributed by atoms with van der Waals surface area (Å²) < 4.78 is 2.10. The van der Waals surface area contributed by atoms with Gasteiger partial charge in [0.2, 0.25) is 0 Å². The topological polar surface area (TPSA) is 75.3 Å². The molecule has 3 rings (SSSR count). The highest BCUT2D eigenvalue weighted by Gasteiger charge is 2.26. The van der Waals surface area contributed by atoms with Crippen molar-refractivity contribution in [1.29, 1.82) is 0 Å². The number of hydrogen-bond acceptors (Lipinski definition) is 3. The van der Waals surface area contributed by atoms with Gasteiger partial charge in [-0.15, -0.1) is 0 Å². The van der Waals surface area contributed by atoms with Crippen LogP contribution in [0.25, 0.3) is 11.0 Å². The number of hydrogen-bond donors (Lipinski definition) is 2. The number of benzene rings is 1. The van der Waals surface area contributed by atoms with Gasteiger partial charge in [-0.2, -0.15) is 0 Å². The molecule has 1 saturated carbocycles. The predicted molar refractivity (Wildman–Crippen MR) is 79.6 cm³/mol. The van der Waals surface area contributed by atoms with E-state index in [0.29, 0.717) is 5.56 Å². The molecule has 1 aromatic carbocycles. The zero-order chi connectivity index (χ0) is 15.0. The van der Waals surface area contributed by atoms with Crippen LogP contribution in [0.15, 0.2) is 18.2 Å². The molecule has 0 amide bonds. The van der Waals surface area contributed by atoms with E-state index in [1.54, 1.807) is 12.1 Å². The third-order valence-electron chi connectivity index (χ3n) is 4.36. The van der Waals surface area contributed by atoms with E-state index in [4.69, 9.17) is 0 Å². The van der Waals surface area contributed by atoms with Crippen molar-refractivity contribution in [3.63, 3.8) is 0 Å². The van der Waals surface area contributed by atoms with Crippen molar-refractivity contribution in [2.45, 2.75) is 51.2 Å². The molecule has 1 aliphatic carbocycles. The molecule has 112 valence electrons. The first-order valence-corrected chi connectivity index (χ1v) is 7.53. The molecule has 5 heteroatoms. The Morgan fingerprint density at radius 2 is 2.05 bits per heavy atom. The summed E-state index contributed by atoms with van der Waals surface area (Å²) in [6.45, 7) is 2.04. The van der Waals surface area contributed by atoms with Crippen molar-refractivity contribution in [2.24, 2.45) is 0 Å². The van der Waals surface area contributed by atoms with Crippen LogP contribution in [0.1, 0.15) is 54.8 Å². The van der Waals surface area contributed by atoms with Gasteiger partial charge in [-0.3, -0.25) is 0 Å². The number of carbonyl (C=O) groups is 1. The monoisotopic (exact) mass is 288 g/mol. The molecule has 5 nitrogen and oxygen atoms in total. The third kappa shape index (κ3) is 2.42. The minimum atomic E-state index is -0.916. The minimum absolute atomic E-state index is 0.222. The Morgan fingerprint density at radius 3 is 2.67 bits per heavy atom. The lowest BCUT2D eigenvalue weighted by molar-refractivity contribution is 0.0697. The lowest BCUT2D eigenvalue weighted by Crippen LogP contribution is -2.22. The number of aliphatic hydroxyl groups excluding tert-OH is 1. The van der Waals surface area contributed by atoms with Crippen LogP contribution in [0.5, 0.6) is 0 Å². The highest BCUT2D eigenvalue weighted by atomic mass is 16.4. The molecule has 0 saturated heterocycles. The molecule has 21 heavy (non-hydrogen) atoms. The van der Waals surface area contributed by atoms with Gasteiger partial charge >= 0.3 is 5.97 Å². The highest BCUT2D eigenvalue weighted by molar-refractivity contribution is 6.01. The van der Waals surface area contributed by atoms with Gasteiger partial charge < -0.3 is 14.8 Å². The van der Waals surface area contributed by atoms with Gasteiger partial charge in [-0.05, 0) is 37.8 Å². The summed E-state index contributed by atoms with van der Waals surface area (Å²) in [7, 11) is 0. The summed E-state index contributed by atoms with van der Waals surface area (Å²) in [5.41, 5.74) is 1.78. The van der Waals surface area contributed by atoms with Crippen LogP contribution in [0.4, 0.5) is 0 Å². The summed E-state index contributed by atoms with van der Waals surface area (Å²) in [6, 6.07) is 5.48. The molecule has 1 heterocycles. The van der Waals surface area contributed by atoms with Crippen LogP contribution in [-0.2, 0) is 6.42 Å². The number of aromatic carboxylic acids is 1. The van der Waals surface area contributed by atoms with Gasteiger partial charge in [0.15, 0.2) is 0 Å². The zero-order valence-corrected chi connectivity index (χ0v) is 12.1. The Labute approximate surface area is 123 Å². The number of rotatable bonds is 3. The molecule has 0 atom stereocenters. The van der Waals surface area contributed by atoms with Gasteiger partial charge in [0.1, 0.15) is 5.82 Å². The molecule has 0 spiro atoms. The molecule has 2 N–H and O–H groups in total. The predicted octanol–water partition coefficient (Wildman–Crippen LogP) is 2.77. The first kappa shape index (κ1) is 14.1. The molecule has 0 bridgehead atoms. The number of imidazole rings is 1. The summed E-state index contributed by atoms with van der Waals surface area (Å²) in [6.07, 6.45) is 3.82. The molecular weight excluding hydrogens is 268 g/mol. The minimum Gasteiger partial charge on any atom is -0.478 e. The second-order valence-corrected chi connectivity index (χ2v) is 5.69. The summed E-state index contributed by atoms with van der Waals surface area (Å²) >= 11 is 0. The number of aliphatic hydroxyl groups is 1. The lowest BCUT2D eigenvalue weighted by atomic mass is 9.92. The number of nitrogens with zero attached hydrogens (tertiary/aromatic N) is 2. The van der Waals surface area contributed by atoms with E-state index in [1.165, 1.54) is 0 Å². The summed E-state index contributed by atoms with van der Waals surface area (Å²) in [5, 5.41) is 19.1. The molecule has 2 aromatic rings. The fourth-order valence-corrected chi connectivity index (χ4v) is 3.33. The maximum Gasteiger partial charge on any atom is 0.337 e. The zero-order valence-electron chi connectivity index (χ0n) is 12.1. The second kappa shape index (κ2) is 5.48. The number of aromatic nitrogens is 2. The Balaban J connectivity index is 2.17. The van der Waals surface area contributed by atoms with Gasteiger partial charge in [-0.1, -0.05) is 13.0 Å². The van der Waals surface area contributed by atoms with Gasteiger partial charge in [0, 0.05) is 12.5 Å². The number of para-hydroxylation sites is 1. The van der Waals surface area contributed by atoms with Crippen molar-refractivity contribution in [3.05, 3.63) is 29.6 Å². The van der Waals surface area contributed by atoms with Crippen molar-refractivity contribution in [2.75, 3.05) is 0 Å². The van der Waals surface area contributed by atoms with E-state index in [0.717, 1.165) is 49.0 Å². The fourth-order valence-electron chi connectivity index (χ4n) is 3.33. The molecule has 0 unspecified atom stereocenters. The first-order valence-electron chi connectivity index (χ1n) is 7.53. The number of carboxylic acids is 1. The van der Waals surface area contributed by atoms with E-state index in [1.807, 2.05) is 13.0 Å².